The van der Waals surface area contributed by atoms with Gasteiger partial charge in [0, 0.05) is 11.5 Å². The molecule has 2 aliphatic rings. The molecule has 0 saturated carbocycles. The van der Waals surface area contributed by atoms with Crippen LogP contribution < -0.4 is 0 Å². The summed E-state index contributed by atoms with van der Waals surface area (Å²) in [5.74, 6) is -60.3. The minimum Gasteiger partial charge on any atom is -0.456 e. The van der Waals surface area contributed by atoms with Crippen molar-refractivity contribution in [2.45, 2.75) is 54.1 Å². The smallest absolute Gasteiger partial charge is 0.456 e. The van der Waals surface area contributed by atoms with Gasteiger partial charge in [0.15, 0.2) is 6.61 Å². The van der Waals surface area contributed by atoms with Gasteiger partial charge in [-0.3, -0.25) is 0 Å². The van der Waals surface area contributed by atoms with Crippen LogP contribution in [0.25, 0.3) is 0 Å². The van der Waals surface area contributed by atoms with Gasteiger partial charge in [-0.15, -0.1) is 0 Å². The minimum absolute atomic E-state index is 0.188. The summed E-state index contributed by atoms with van der Waals surface area (Å²) in [5, 5.41) is 0. The SMILES string of the molecule is O=C(OCC(F)(F)C(F)(F)C(F)(F)C(F)(F)C(F)(F)C(F)(F)C(F)(F)C(F)(F)F)C1=CC2C=CC1C2. The predicted molar refractivity (Wildman–Crippen MR) is 80.5 cm³/mol. The van der Waals surface area contributed by atoms with Crippen molar-refractivity contribution in [3.8, 4) is 0 Å². The predicted octanol–water partition coefficient (Wildman–Crippen LogP) is 6.67. The number of alkyl halides is 17. The first-order valence-corrected chi connectivity index (χ1v) is 8.99. The van der Waals surface area contributed by atoms with E-state index in [1.165, 1.54) is 12.2 Å². The van der Waals surface area contributed by atoms with E-state index in [0.29, 0.717) is 0 Å². The van der Waals surface area contributed by atoms with Gasteiger partial charge in [-0.25, -0.2) is 4.79 Å². The molecule has 2 atom stereocenters. The number of ether oxygens (including phenoxy) is 1. The highest BCUT2D eigenvalue weighted by atomic mass is 19.4. The highest BCUT2D eigenvalue weighted by Gasteiger charge is 2.95. The zero-order valence-corrected chi connectivity index (χ0v) is 16.5. The molecule has 2 unspecified atom stereocenters. The van der Waals surface area contributed by atoms with Crippen molar-refractivity contribution in [2.75, 3.05) is 6.61 Å². The van der Waals surface area contributed by atoms with Gasteiger partial charge in [-0.05, 0) is 12.3 Å². The molecule has 0 aliphatic heterocycles. The second-order valence-corrected chi connectivity index (χ2v) is 7.74. The lowest BCUT2D eigenvalue weighted by atomic mass is 9.89. The first-order valence-electron chi connectivity index (χ1n) is 8.99. The molecule has 2 nitrogen and oxygen atoms in total. The van der Waals surface area contributed by atoms with E-state index in [1.54, 1.807) is 0 Å². The lowest BCUT2D eigenvalue weighted by Crippen LogP contribution is -2.74. The van der Waals surface area contributed by atoms with E-state index in [9.17, 15) is 79.4 Å². The monoisotopic (exact) mass is 568 g/mol. The summed E-state index contributed by atoms with van der Waals surface area (Å²) in [5.41, 5.74) is -0.459. The molecule has 0 amide bonds. The van der Waals surface area contributed by atoms with E-state index in [4.69, 9.17) is 0 Å². The Balaban J connectivity index is 2.37. The van der Waals surface area contributed by atoms with Crippen LogP contribution in [0.15, 0.2) is 23.8 Å². The molecule has 2 aliphatic carbocycles. The van der Waals surface area contributed by atoms with E-state index in [-0.39, 0.29) is 6.42 Å². The topological polar surface area (TPSA) is 26.3 Å². The number of fused-ring (bicyclic) bond motifs is 2. The van der Waals surface area contributed by atoms with E-state index in [0.717, 1.165) is 6.08 Å². The summed E-state index contributed by atoms with van der Waals surface area (Å²) in [7, 11) is 0. The van der Waals surface area contributed by atoms with Crippen LogP contribution >= 0.6 is 0 Å². The molecule has 0 N–H and O–H groups in total. The molecule has 208 valence electrons. The van der Waals surface area contributed by atoms with Crippen molar-refractivity contribution >= 4 is 5.97 Å². The van der Waals surface area contributed by atoms with Crippen LogP contribution in [0, 0.1) is 11.8 Å². The van der Waals surface area contributed by atoms with E-state index in [1.807, 2.05) is 0 Å². The lowest BCUT2D eigenvalue weighted by molar-refractivity contribution is -0.462. The van der Waals surface area contributed by atoms with E-state index >= 15 is 0 Å². The van der Waals surface area contributed by atoms with Gasteiger partial charge in [-0.1, -0.05) is 18.2 Å². The Hall–Kier alpha value is -2.24. The summed E-state index contributed by atoms with van der Waals surface area (Å²) in [6.07, 6.45) is -3.73. The Bertz CT molecular complexity index is 943. The van der Waals surface area contributed by atoms with Gasteiger partial charge in [0.2, 0.25) is 0 Å². The number of carbonyl (C=O) groups is 1. The molecule has 0 heterocycles. The summed E-state index contributed by atoms with van der Waals surface area (Å²) < 4.78 is 227. The van der Waals surface area contributed by atoms with E-state index < -0.39 is 77.6 Å². The Kier molecular flexibility index (Phi) is 6.77. The first kappa shape index (κ1) is 30.0. The fourth-order valence-corrected chi connectivity index (χ4v) is 3.18. The Morgan fingerprint density at radius 2 is 1.08 bits per heavy atom. The standard InChI is InChI=1S/C17H9F17O2/c18-10(19,5-36-9(35)8-4-6-1-2-7(8)3-6)11(20,21)12(22,23)13(24,25)14(26,27)15(28,29)16(30,31)17(32,33)34/h1-2,4,6-7H,3,5H2. The minimum atomic E-state index is -8.70. The molecule has 0 fully saturated rings. The van der Waals surface area contributed by atoms with Gasteiger partial charge in [0.25, 0.3) is 0 Å². The van der Waals surface area contributed by atoms with Crippen LogP contribution in [-0.2, 0) is 9.53 Å². The van der Waals surface area contributed by atoms with Crippen molar-refractivity contribution in [2.24, 2.45) is 11.8 Å². The summed E-state index contributed by atoms with van der Waals surface area (Å²) in [6.45, 7) is -3.23. The largest absolute Gasteiger partial charge is 0.460 e. The third-order valence-electron chi connectivity index (χ3n) is 5.32. The molecule has 19 heteroatoms. The normalized spacial score (nSPS) is 22.2. The molecular weight excluding hydrogens is 559 g/mol. The average molecular weight is 568 g/mol. The van der Waals surface area contributed by atoms with Crippen LogP contribution in [0.5, 0.6) is 0 Å². The molecule has 0 aromatic heterocycles. The molecule has 0 spiro atoms. The number of hydrogen-bond donors (Lipinski definition) is 0. The maximum absolute atomic E-state index is 13.7. The van der Waals surface area contributed by atoms with Gasteiger partial charge >= 0.3 is 53.6 Å². The second-order valence-electron chi connectivity index (χ2n) is 7.74. The third kappa shape index (κ3) is 3.90. The number of rotatable bonds is 9. The fourth-order valence-electron chi connectivity index (χ4n) is 3.18. The number of halogens is 17. The third-order valence-corrected chi connectivity index (χ3v) is 5.32. The maximum Gasteiger partial charge on any atom is 0.460 e. The first-order chi connectivity index (χ1) is 15.7. The number of hydrogen-bond acceptors (Lipinski definition) is 2. The summed E-state index contributed by atoms with van der Waals surface area (Å²) in [4.78, 5) is 11.7. The average Bonchev–Trinajstić information content (AvgIpc) is 3.34. The quantitative estimate of drug-likeness (QED) is 0.177. The molecule has 0 radical (unpaired) electrons. The fraction of sp³-hybridized carbons (Fsp3) is 0.706. The molecule has 0 saturated heterocycles. The van der Waals surface area contributed by atoms with Gasteiger partial charge in [-0.2, -0.15) is 74.6 Å². The second kappa shape index (κ2) is 8.13. The zero-order valence-electron chi connectivity index (χ0n) is 16.5. The molecule has 2 bridgehead atoms. The molecular formula is C17H9F17O2. The highest BCUT2D eigenvalue weighted by molar-refractivity contribution is 5.90. The van der Waals surface area contributed by atoms with Crippen molar-refractivity contribution < 1.29 is 84.2 Å². The van der Waals surface area contributed by atoms with Crippen LogP contribution in [0.2, 0.25) is 0 Å². The van der Waals surface area contributed by atoms with Crippen LogP contribution in [0.3, 0.4) is 0 Å². The van der Waals surface area contributed by atoms with Crippen LogP contribution in [0.4, 0.5) is 74.6 Å². The number of esters is 1. The van der Waals surface area contributed by atoms with Crippen LogP contribution in [0.1, 0.15) is 6.42 Å². The molecule has 36 heavy (non-hydrogen) atoms. The van der Waals surface area contributed by atoms with E-state index in [2.05, 4.69) is 4.74 Å². The molecule has 0 aromatic carbocycles. The van der Waals surface area contributed by atoms with Gasteiger partial charge in [0.05, 0.1) is 0 Å². The zero-order chi connectivity index (χ0) is 28.6. The number of allylic oxidation sites excluding steroid dienone is 3. The summed E-state index contributed by atoms with van der Waals surface area (Å²) >= 11 is 0. The highest BCUT2D eigenvalue weighted by Crippen LogP contribution is 2.64. The maximum atomic E-state index is 13.7. The Morgan fingerprint density at radius 3 is 1.44 bits per heavy atom. The lowest BCUT2D eigenvalue weighted by Gasteiger charge is -2.42. The van der Waals surface area contributed by atoms with Gasteiger partial charge in [0.1, 0.15) is 0 Å². The Labute approximate surface area is 187 Å². The number of carbonyl (C=O) groups excluding carboxylic acids is 1. The summed E-state index contributed by atoms with van der Waals surface area (Å²) in [6, 6.07) is 0. The van der Waals surface area contributed by atoms with Crippen molar-refractivity contribution in [3.05, 3.63) is 23.8 Å². The Morgan fingerprint density at radius 1 is 0.667 bits per heavy atom. The van der Waals surface area contributed by atoms with Crippen molar-refractivity contribution in [1.82, 2.24) is 0 Å². The van der Waals surface area contributed by atoms with Crippen LogP contribution in [-0.4, -0.2) is 60.2 Å². The van der Waals surface area contributed by atoms with Crippen molar-refractivity contribution in [3.63, 3.8) is 0 Å². The van der Waals surface area contributed by atoms with Gasteiger partial charge < -0.3 is 4.74 Å². The molecule has 2 rings (SSSR count). The van der Waals surface area contributed by atoms with Crippen molar-refractivity contribution in [1.29, 1.82) is 0 Å². The molecule has 0 aromatic rings.